The number of aryl methyl sites for hydroxylation is 1. The summed E-state index contributed by atoms with van der Waals surface area (Å²) in [6.07, 6.45) is 5.49. The van der Waals surface area contributed by atoms with E-state index in [4.69, 9.17) is 4.74 Å². The number of aromatic nitrogens is 3. The van der Waals surface area contributed by atoms with Gasteiger partial charge in [0.25, 0.3) is 0 Å². The van der Waals surface area contributed by atoms with Crippen LogP contribution in [0.5, 0.6) is 11.6 Å². The maximum atomic E-state index is 12.2. The number of benzene rings is 1. The number of nitrogens with one attached hydrogen (secondary N) is 3. The van der Waals surface area contributed by atoms with Gasteiger partial charge >= 0.3 is 11.8 Å². The first-order valence-electron chi connectivity index (χ1n) is 8.99. The van der Waals surface area contributed by atoms with E-state index >= 15 is 0 Å². The highest BCUT2D eigenvalue weighted by Gasteiger charge is 2.24. The molecule has 0 aliphatic heterocycles. The first-order valence-corrected chi connectivity index (χ1v) is 8.99. The summed E-state index contributed by atoms with van der Waals surface area (Å²) in [7, 11) is 0. The second-order valence-electron chi connectivity index (χ2n) is 6.54. The van der Waals surface area contributed by atoms with Crippen LogP contribution in [-0.2, 0) is 22.4 Å². The van der Waals surface area contributed by atoms with E-state index in [0.29, 0.717) is 23.7 Å². The van der Waals surface area contributed by atoms with Gasteiger partial charge in [-0.2, -0.15) is 5.10 Å². The summed E-state index contributed by atoms with van der Waals surface area (Å²) >= 11 is 0. The van der Waals surface area contributed by atoms with Gasteiger partial charge in [0, 0.05) is 29.7 Å². The molecule has 2 heterocycles. The molecular formula is C20H19N5O3. The van der Waals surface area contributed by atoms with Crippen LogP contribution in [0.4, 0.5) is 5.69 Å². The van der Waals surface area contributed by atoms with Crippen LogP contribution >= 0.6 is 0 Å². The number of para-hydroxylation sites is 1. The van der Waals surface area contributed by atoms with Crippen LogP contribution in [0.1, 0.15) is 17.7 Å². The fourth-order valence-corrected chi connectivity index (χ4v) is 3.13. The molecule has 8 nitrogen and oxygen atoms in total. The molecule has 2 aromatic heterocycles. The number of amides is 2. The topological polar surface area (TPSA) is 109 Å². The monoisotopic (exact) mass is 377 g/mol. The average Bonchev–Trinajstić information content (AvgIpc) is 3.17. The molecule has 3 aromatic rings. The Morgan fingerprint density at radius 1 is 1.14 bits per heavy atom. The van der Waals surface area contributed by atoms with E-state index in [0.717, 1.165) is 24.1 Å². The van der Waals surface area contributed by atoms with Crippen molar-refractivity contribution in [2.24, 2.45) is 0 Å². The van der Waals surface area contributed by atoms with Crippen LogP contribution in [0, 0.1) is 0 Å². The summed E-state index contributed by atoms with van der Waals surface area (Å²) in [5, 5.41) is 12.3. The lowest BCUT2D eigenvalue weighted by molar-refractivity contribution is -0.136. The second kappa shape index (κ2) is 7.91. The van der Waals surface area contributed by atoms with Crippen molar-refractivity contribution in [3.8, 4) is 11.6 Å². The highest BCUT2D eigenvalue weighted by atomic mass is 16.5. The number of anilines is 1. The van der Waals surface area contributed by atoms with Gasteiger partial charge in [-0.15, -0.1) is 0 Å². The molecule has 0 radical (unpaired) electrons. The van der Waals surface area contributed by atoms with Crippen LogP contribution < -0.4 is 15.4 Å². The number of carbonyl (C=O) groups excluding carboxylic acids is 2. The molecule has 0 saturated carbocycles. The minimum absolute atomic E-state index is 0.0854. The van der Waals surface area contributed by atoms with Crippen molar-refractivity contribution in [2.45, 2.75) is 25.3 Å². The molecule has 1 atom stereocenters. The van der Waals surface area contributed by atoms with Gasteiger partial charge in [0.05, 0.1) is 6.20 Å². The molecule has 3 N–H and O–H groups in total. The molecule has 1 aromatic carbocycles. The highest BCUT2D eigenvalue weighted by molar-refractivity contribution is 6.39. The fourth-order valence-electron chi connectivity index (χ4n) is 3.13. The smallest absolute Gasteiger partial charge is 0.313 e. The summed E-state index contributed by atoms with van der Waals surface area (Å²) in [5.41, 5.74) is 2.60. The Bertz CT molecular complexity index is 986. The minimum Gasteiger partial charge on any atom is -0.439 e. The molecule has 0 spiro atoms. The van der Waals surface area contributed by atoms with Gasteiger partial charge < -0.3 is 15.4 Å². The average molecular weight is 377 g/mol. The van der Waals surface area contributed by atoms with E-state index in [9.17, 15) is 9.59 Å². The van der Waals surface area contributed by atoms with Crippen LogP contribution in [-0.4, -0.2) is 33.0 Å². The molecule has 0 unspecified atom stereocenters. The molecule has 0 saturated heterocycles. The quantitative estimate of drug-likeness (QED) is 0.604. The van der Waals surface area contributed by atoms with Crippen LogP contribution in [0.25, 0.3) is 0 Å². The maximum absolute atomic E-state index is 12.2. The minimum atomic E-state index is -0.727. The van der Waals surface area contributed by atoms with E-state index in [-0.39, 0.29) is 6.04 Å². The third-order valence-corrected chi connectivity index (χ3v) is 4.52. The number of aromatic amines is 1. The van der Waals surface area contributed by atoms with Crippen LogP contribution in [0.3, 0.4) is 0 Å². The van der Waals surface area contributed by atoms with Crippen molar-refractivity contribution < 1.29 is 14.3 Å². The first-order chi connectivity index (χ1) is 13.7. The Morgan fingerprint density at radius 2 is 2.00 bits per heavy atom. The number of fused-ring (bicyclic) bond motifs is 1. The van der Waals surface area contributed by atoms with Crippen molar-refractivity contribution in [2.75, 3.05) is 5.32 Å². The largest absolute Gasteiger partial charge is 0.439 e. The van der Waals surface area contributed by atoms with Gasteiger partial charge in [-0.3, -0.25) is 14.7 Å². The third kappa shape index (κ3) is 4.17. The van der Waals surface area contributed by atoms with Crippen molar-refractivity contribution in [3.05, 3.63) is 66.1 Å². The SMILES string of the molecule is O=C(Nc1ccnc(Oc2ccccc2)c1)C(=O)N[C@@H]1CCc2[nH]ncc2C1. The Balaban J connectivity index is 1.34. The number of H-pyrrole nitrogens is 1. The number of ether oxygens (including phenoxy) is 1. The van der Waals surface area contributed by atoms with Gasteiger partial charge in [-0.1, -0.05) is 18.2 Å². The van der Waals surface area contributed by atoms with E-state index in [1.54, 1.807) is 30.5 Å². The van der Waals surface area contributed by atoms with Gasteiger partial charge in [-0.25, -0.2) is 4.98 Å². The van der Waals surface area contributed by atoms with Crippen LogP contribution in [0.15, 0.2) is 54.9 Å². The zero-order chi connectivity index (χ0) is 19.3. The lowest BCUT2D eigenvalue weighted by Gasteiger charge is -2.22. The molecule has 1 aliphatic carbocycles. The van der Waals surface area contributed by atoms with E-state index in [1.807, 2.05) is 18.2 Å². The number of hydrogen-bond donors (Lipinski definition) is 3. The Hall–Kier alpha value is -3.68. The first kappa shape index (κ1) is 17.7. The number of nitrogens with zero attached hydrogens (tertiary/aromatic N) is 2. The predicted octanol–water partition coefficient (Wildman–Crippen LogP) is 2.21. The Kier molecular flexibility index (Phi) is 5.01. The van der Waals surface area contributed by atoms with Gasteiger partial charge in [0.1, 0.15) is 5.75 Å². The highest BCUT2D eigenvalue weighted by Crippen LogP contribution is 2.21. The molecule has 28 heavy (non-hydrogen) atoms. The van der Waals surface area contributed by atoms with Crippen LogP contribution in [0.2, 0.25) is 0 Å². The molecule has 4 rings (SSSR count). The zero-order valence-corrected chi connectivity index (χ0v) is 15.0. The Morgan fingerprint density at radius 3 is 2.86 bits per heavy atom. The number of rotatable bonds is 4. The summed E-state index contributed by atoms with van der Waals surface area (Å²) in [6.45, 7) is 0. The molecule has 2 amide bonds. The number of pyridine rings is 1. The number of carbonyl (C=O) groups is 2. The molecular weight excluding hydrogens is 358 g/mol. The second-order valence-corrected chi connectivity index (χ2v) is 6.54. The summed E-state index contributed by atoms with van der Waals surface area (Å²) < 4.78 is 5.64. The predicted molar refractivity (Wildman–Crippen MR) is 102 cm³/mol. The normalized spacial score (nSPS) is 15.4. The van der Waals surface area contributed by atoms with Crippen molar-refractivity contribution in [3.63, 3.8) is 0 Å². The summed E-state index contributed by atoms with van der Waals surface area (Å²) in [6, 6.07) is 12.3. The molecule has 0 bridgehead atoms. The van der Waals surface area contributed by atoms with E-state index in [2.05, 4.69) is 25.8 Å². The molecule has 1 aliphatic rings. The van der Waals surface area contributed by atoms with Gasteiger partial charge in [-0.05, 0) is 43.0 Å². The number of hydrogen-bond acceptors (Lipinski definition) is 5. The fraction of sp³-hybridized carbons (Fsp3) is 0.200. The lowest BCUT2D eigenvalue weighted by atomic mass is 9.93. The van der Waals surface area contributed by atoms with Crippen molar-refractivity contribution in [1.29, 1.82) is 0 Å². The summed E-state index contributed by atoms with van der Waals surface area (Å²) in [5.74, 6) is -0.439. The summed E-state index contributed by atoms with van der Waals surface area (Å²) in [4.78, 5) is 28.6. The van der Waals surface area contributed by atoms with Crippen molar-refractivity contribution in [1.82, 2.24) is 20.5 Å². The van der Waals surface area contributed by atoms with Crippen molar-refractivity contribution >= 4 is 17.5 Å². The van der Waals surface area contributed by atoms with Gasteiger partial charge in [0.15, 0.2) is 0 Å². The van der Waals surface area contributed by atoms with Gasteiger partial charge in [0.2, 0.25) is 5.88 Å². The third-order valence-electron chi connectivity index (χ3n) is 4.52. The van der Waals surface area contributed by atoms with E-state index in [1.165, 1.54) is 6.20 Å². The lowest BCUT2D eigenvalue weighted by Crippen LogP contribution is -2.44. The molecule has 142 valence electrons. The van der Waals surface area contributed by atoms with E-state index < -0.39 is 11.8 Å². The maximum Gasteiger partial charge on any atom is 0.313 e. The Labute approximate surface area is 161 Å². The molecule has 8 heteroatoms. The zero-order valence-electron chi connectivity index (χ0n) is 15.0. The standard InChI is InChI=1S/C20H19N5O3/c26-19(23-14-6-7-17-13(10-14)12-22-25-17)20(27)24-15-8-9-21-18(11-15)28-16-4-2-1-3-5-16/h1-5,8-9,11-12,14H,6-7,10H2,(H,22,25)(H,23,26)(H,21,24,27)/t14-/m1/s1. The molecule has 0 fully saturated rings.